The van der Waals surface area contributed by atoms with Crippen LogP contribution in [0.4, 0.5) is 11.4 Å². The largest absolute Gasteiger partial charge is 0.383 e. The lowest BCUT2D eigenvalue weighted by atomic mass is 10.1. The van der Waals surface area contributed by atoms with Crippen molar-refractivity contribution in [1.29, 1.82) is 0 Å². The molecule has 0 aromatic heterocycles. The maximum Gasteiger partial charge on any atom is 0.265 e. The summed E-state index contributed by atoms with van der Waals surface area (Å²) < 4.78 is 1.73. The van der Waals surface area contributed by atoms with Gasteiger partial charge < -0.3 is 5.32 Å². The Hall–Kier alpha value is -1.66. The van der Waals surface area contributed by atoms with Crippen molar-refractivity contribution in [3.63, 3.8) is 0 Å². The van der Waals surface area contributed by atoms with Crippen molar-refractivity contribution in [2.75, 3.05) is 16.8 Å². The number of hydrogen-bond donors (Lipinski definition) is 1. The first kappa shape index (κ1) is 16.2. The Morgan fingerprint density at radius 1 is 1.09 bits per heavy atom. The van der Waals surface area contributed by atoms with E-state index in [-0.39, 0.29) is 11.8 Å². The van der Waals surface area contributed by atoms with E-state index >= 15 is 0 Å². The molecule has 1 N–H and O–H groups in total. The first-order valence-electron chi connectivity index (χ1n) is 7.14. The van der Waals surface area contributed by atoms with Crippen molar-refractivity contribution < 1.29 is 9.59 Å². The molecule has 4 nitrogen and oxygen atoms in total. The third-order valence-electron chi connectivity index (χ3n) is 3.71. The highest BCUT2D eigenvalue weighted by Crippen LogP contribution is 2.37. The molecule has 0 bridgehead atoms. The van der Waals surface area contributed by atoms with E-state index < -0.39 is 0 Å². The van der Waals surface area contributed by atoms with Crippen molar-refractivity contribution in [1.82, 2.24) is 0 Å². The molecule has 0 radical (unpaired) electrons. The van der Waals surface area contributed by atoms with Crippen LogP contribution in [0, 0.1) is 0 Å². The zero-order valence-electron chi connectivity index (χ0n) is 12.4. The van der Waals surface area contributed by atoms with Crippen LogP contribution in [0.3, 0.4) is 0 Å². The van der Waals surface area contributed by atoms with Gasteiger partial charge in [-0.15, -0.1) is 0 Å². The van der Waals surface area contributed by atoms with Crippen molar-refractivity contribution >= 4 is 55.0 Å². The van der Waals surface area contributed by atoms with Gasteiger partial charge in [0.2, 0.25) is 5.91 Å². The van der Waals surface area contributed by atoms with Crippen molar-refractivity contribution in [3.8, 4) is 0 Å². The number of rotatable bonds is 2. The van der Waals surface area contributed by atoms with Crippen molar-refractivity contribution in [3.05, 3.63) is 56.5 Å². The fraction of sp³-hybridized carbons (Fsp3) is 0.176. The molecule has 0 fully saturated rings. The molecule has 0 unspecified atom stereocenters. The predicted octanol–water partition coefficient (Wildman–Crippen LogP) is 4.37. The number of amides is 2. The predicted molar refractivity (Wildman–Crippen MR) is 98.0 cm³/mol. The number of hydrogen-bond acceptors (Lipinski definition) is 3. The van der Waals surface area contributed by atoms with E-state index in [0.29, 0.717) is 11.3 Å². The minimum absolute atomic E-state index is 0.313. The molecule has 3 rings (SSSR count). The maximum absolute atomic E-state index is 12.9. The Bertz CT molecular complexity index is 788. The Morgan fingerprint density at radius 3 is 2.43 bits per heavy atom. The Morgan fingerprint density at radius 2 is 1.78 bits per heavy atom. The molecule has 2 amide bonds. The zero-order chi connectivity index (χ0) is 16.6. The van der Waals surface area contributed by atoms with E-state index in [4.69, 9.17) is 0 Å². The first-order chi connectivity index (χ1) is 11.0. The molecule has 6 heteroatoms. The smallest absolute Gasteiger partial charge is 0.265 e. The van der Waals surface area contributed by atoms with Crippen LogP contribution in [0.25, 0.3) is 0 Å². The number of benzene rings is 2. The van der Waals surface area contributed by atoms with Crippen LogP contribution in [0.1, 0.15) is 22.8 Å². The van der Waals surface area contributed by atoms with Gasteiger partial charge in [0.05, 0.1) is 11.4 Å². The molecule has 0 saturated heterocycles. The molecular formula is C17H14Br2N2O2. The van der Waals surface area contributed by atoms with Gasteiger partial charge in [0.1, 0.15) is 0 Å². The Kier molecular flexibility index (Phi) is 4.55. The highest BCUT2D eigenvalue weighted by Gasteiger charge is 2.27. The number of halogens is 2. The summed E-state index contributed by atoms with van der Waals surface area (Å²) in [4.78, 5) is 26.3. The van der Waals surface area contributed by atoms with Crippen LogP contribution < -0.4 is 10.2 Å². The van der Waals surface area contributed by atoms with E-state index in [9.17, 15) is 9.59 Å². The molecule has 0 aliphatic carbocycles. The normalized spacial score (nSPS) is 12.5. The van der Waals surface area contributed by atoms with Gasteiger partial charge in [0.25, 0.3) is 5.91 Å². The number of nitrogens with zero attached hydrogens (tertiary/aromatic N) is 1. The molecule has 0 saturated carbocycles. The molecule has 1 heterocycles. The number of imide groups is 1. The molecule has 1 aliphatic rings. The molecule has 2 aromatic carbocycles. The summed E-state index contributed by atoms with van der Waals surface area (Å²) in [7, 11) is 0. The van der Waals surface area contributed by atoms with E-state index in [0.717, 1.165) is 33.2 Å². The maximum atomic E-state index is 12.9. The second-order valence-electron chi connectivity index (χ2n) is 5.30. The average Bonchev–Trinajstić information content (AvgIpc) is 2.95. The highest BCUT2D eigenvalue weighted by molar-refractivity contribution is 9.10. The van der Waals surface area contributed by atoms with Gasteiger partial charge in [-0.25, -0.2) is 4.90 Å². The fourth-order valence-electron chi connectivity index (χ4n) is 2.69. The molecule has 118 valence electrons. The SMILES string of the molecule is CC(=O)N(C(=O)c1ccc(Br)cc1)c1cc(Br)cc2c1NCC2. The van der Waals surface area contributed by atoms with Gasteiger partial charge >= 0.3 is 0 Å². The summed E-state index contributed by atoms with van der Waals surface area (Å²) in [5.41, 5.74) is 3.01. The van der Waals surface area contributed by atoms with Gasteiger partial charge in [0, 0.05) is 28.0 Å². The first-order valence-corrected chi connectivity index (χ1v) is 8.73. The summed E-state index contributed by atoms with van der Waals surface area (Å²) in [5, 5.41) is 3.27. The standard InChI is InChI=1S/C17H14Br2N2O2/c1-10(22)21(17(23)11-2-4-13(18)5-3-11)15-9-14(19)8-12-6-7-20-16(12)15/h2-5,8-9,20H,6-7H2,1H3. The molecule has 2 aromatic rings. The van der Waals surface area contributed by atoms with Crippen molar-refractivity contribution in [2.24, 2.45) is 0 Å². The average molecular weight is 438 g/mol. The van der Waals surface area contributed by atoms with E-state index in [1.807, 2.05) is 6.07 Å². The molecule has 0 spiro atoms. The van der Waals surface area contributed by atoms with Crippen LogP contribution >= 0.6 is 31.9 Å². The van der Waals surface area contributed by atoms with Crippen molar-refractivity contribution in [2.45, 2.75) is 13.3 Å². The van der Waals surface area contributed by atoms with E-state index in [1.165, 1.54) is 11.8 Å². The summed E-state index contributed by atoms with van der Waals surface area (Å²) in [6.07, 6.45) is 0.875. The van der Waals surface area contributed by atoms with Gasteiger partial charge in [-0.05, 0) is 48.4 Å². The van der Waals surface area contributed by atoms with Crippen LogP contribution in [-0.2, 0) is 11.2 Å². The number of anilines is 2. The molecule has 0 atom stereocenters. The summed E-state index contributed by atoms with van der Waals surface area (Å²) >= 11 is 6.81. The van der Waals surface area contributed by atoms with Crippen LogP contribution in [-0.4, -0.2) is 18.4 Å². The number of fused-ring (bicyclic) bond motifs is 1. The second-order valence-corrected chi connectivity index (χ2v) is 7.13. The van der Waals surface area contributed by atoms with Gasteiger partial charge in [0.15, 0.2) is 0 Å². The Labute approximate surface area is 151 Å². The minimum atomic E-state index is -0.334. The quantitative estimate of drug-likeness (QED) is 0.758. The summed E-state index contributed by atoms with van der Waals surface area (Å²) in [5.74, 6) is -0.647. The highest BCUT2D eigenvalue weighted by atomic mass is 79.9. The fourth-order valence-corrected chi connectivity index (χ4v) is 3.45. The number of nitrogens with one attached hydrogen (secondary N) is 1. The molecule has 1 aliphatic heterocycles. The summed E-state index contributed by atoms with van der Waals surface area (Å²) in [6, 6.07) is 10.8. The van der Waals surface area contributed by atoms with Crippen LogP contribution in [0.15, 0.2) is 45.3 Å². The van der Waals surface area contributed by atoms with Crippen LogP contribution in [0.2, 0.25) is 0 Å². The third-order valence-corrected chi connectivity index (χ3v) is 4.70. The molecular weight excluding hydrogens is 424 g/mol. The zero-order valence-corrected chi connectivity index (χ0v) is 15.6. The lowest BCUT2D eigenvalue weighted by molar-refractivity contribution is -0.115. The summed E-state index contributed by atoms with van der Waals surface area (Å²) in [6.45, 7) is 2.20. The van der Waals surface area contributed by atoms with E-state index in [1.54, 1.807) is 30.3 Å². The monoisotopic (exact) mass is 436 g/mol. The van der Waals surface area contributed by atoms with Gasteiger partial charge in [-0.1, -0.05) is 31.9 Å². The molecule has 23 heavy (non-hydrogen) atoms. The Balaban J connectivity index is 2.08. The number of carbonyl (C=O) groups is 2. The lowest BCUT2D eigenvalue weighted by Gasteiger charge is -2.22. The second kappa shape index (κ2) is 6.45. The van der Waals surface area contributed by atoms with E-state index in [2.05, 4.69) is 37.2 Å². The third kappa shape index (κ3) is 3.19. The van der Waals surface area contributed by atoms with Crippen LogP contribution in [0.5, 0.6) is 0 Å². The lowest BCUT2D eigenvalue weighted by Crippen LogP contribution is -2.35. The topological polar surface area (TPSA) is 49.4 Å². The minimum Gasteiger partial charge on any atom is -0.383 e. The van der Waals surface area contributed by atoms with Gasteiger partial charge in [-0.2, -0.15) is 0 Å². The number of carbonyl (C=O) groups excluding carboxylic acids is 2. The van der Waals surface area contributed by atoms with Gasteiger partial charge in [-0.3, -0.25) is 9.59 Å².